The number of nitrogens with zero attached hydrogens (tertiary/aromatic N) is 3. The molecule has 248 valence electrons. The van der Waals surface area contributed by atoms with Gasteiger partial charge in [-0.25, -0.2) is 15.0 Å². The lowest BCUT2D eigenvalue weighted by Gasteiger charge is -2.23. The summed E-state index contributed by atoms with van der Waals surface area (Å²) in [5.74, 6) is 2.64. The fourth-order valence-electron chi connectivity index (χ4n) is 7.07. The van der Waals surface area contributed by atoms with Crippen molar-refractivity contribution in [1.29, 1.82) is 0 Å². The summed E-state index contributed by atoms with van der Waals surface area (Å²) in [5, 5.41) is 0. The van der Waals surface area contributed by atoms with Crippen molar-refractivity contribution in [3.05, 3.63) is 160 Å². The third-order valence-electron chi connectivity index (χ3n) is 9.21. The number of aryl methyl sites for hydroxylation is 3. The van der Waals surface area contributed by atoms with Crippen molar-refractivity contribution in [3.8, 4) is 11.5 Å². The van der Waals surface area contributed by atoms with Crippen molar-refractivity contribution < 1.29 is 18.9 Å². The van der Waals surface area contributed by atoms with Gasteiger partial charge in [0, 0.05) is 11.8 Å². The molecular weight excluding hydrogens is 610 g/mol. The number of ether oxygens (including phenoxy) is 4. The Balaban J connectivity index is 1.20. The van der Waals surface area contributed by atoms with Gasteiger partial charge in [-0.2, -0.15) is 0 Å². The minimum atomic E-state index is -0.142. The van der Waals surface area contributed by atoms with E-state index in [4.69, 9.17) is 33.9 Å². The average Bonchev–Trinajstić information content (AvgIpc) is 3.80. The second kappa shape index (κ2) is 14.0. The van der Waals surface area contributed by atoms with Gasteiger partial charge >= 0.3 is 0 Å². The van der Waals surface area contributed by atoms with E-state index >= 15 is 0 Å². The van der Waals surface area contributed by atoms with E-state index in [-0.39, 0.29) is 23.9 Å². The molecule has 2 aliphatic heterocycles. The van der Waals surface area contributed by atoms with Gasteiger partial charge < -0.3 is 18.9 Å². The maximum absolute atomic E-state index is 6.28. The molecule has 3 unspecified atom stereocenters. The van der Waals surface area contributed by atoms with E-state index in [1.807, 2.05) is 42.5 Å². The van der Waals surface area contributed by atoms with Crippen LogP contribution in [0.1, 0.15) is 62.2 Å². The monoisotopic (exact) mass is 651 g/mol. The van der Waals surface area contributed by atoms with Crippen LogP contribution in [0.5, 0.6) is 11.5 Å². The molecule has 0 radical (unpaired) electrons. The van der Waals surface area contributed by atoms with Crippen LogP contribution in [-0.4, -0.2) is 56.3 Å². The van der Waals surface area contributed by atoms with E-state index < -0.39 is 0 Å². The first-order valence-corrected chi connectivity index (χ1v) is 16.7. The first kappa shape index (κ1) is 32.1. The minimum Gasteiger partial charge on any atom is -0.497 e. The summed E-state index contributed by atoms with van der Waals surface area (Å²) in [5.41, 5.74) is 9.57. The summed E-state index contributed by atoms with van der Waals surface area (Å²) in [4.78, 5) is 15.2. The van der Waals surface area contributed by atoms with Crippen molar-refractivity contribution in [2.24, 2.45) is 9.98 Å². The predicted molar refractivity (Wildman–Crippen MR) is 194 cm³/mol. The summed E-state index contributed by atoms with van der Waals surface area (Å²) >= 11 is 0. The molecule has 0 amide bonds. The quantitative estimate of drug-likeness (QED) is 0.153. The van der Waals surface area contributed by atoms with Crippen LogP contribution in [0, 0.1) is 20.8 Å². The minimum absolute atomic E-state index is 0.0159. The Morgan fingerprint density at radius 2 is 0.980 bits per heavy atom. The summed E-state index contributed by atoms with van der Waals surface area (Å²) in [6.45, 7) is 7.25. The molecule has 0 saturated carbocycles. The summed E-state index contributed by atoms with van der Waals surface area (Å²) in [7, 11) is 3.39. The number of aromatic nitrogens is 1. The predicted octanol–water partition coefficient (Wildman–Crippen LogP) is 7.98. The first-order chi connectivity index (χ1) is 23.9. The normalized spacial score (nSPS) is 18.1. The van der Waals surface area contributed by atoms with Crippen LogP contribution >= 0.6 is 0 Å². The third kappa shape index (κ3) is 6.93. The van der Waals surface area contributed by atoms with E-state index in [2.05, 4.69) is 87.5 Å². The smallest absolute Gasteiger partial charge is 0.235 e. The van der Waals surface area contributed by atoms with E-state index in [1.165, 1.54) is 27.8 Å². The van der Waals surface area contributed by atoms with Gasteiger partial charge in [0.2, 0.25) is 11.8 Å². The fraction of sp³-hybridized carbons (Fsp3) is 0.262. The second-order valence-electron chi connectivity index (χ2n) is 12.9. The standard InChI is InChI=1S/C42H41N3O4/c1-26-10-6-11-29(19-26)39(30-12-7-14-33(22-30)46-4)37-24-48-41(44-37)35-16-9-17-36(43-35)42-45-38(25-49-42)40(31-13-8-15-34(23-31)47-5)32-20-27(2)18-28(3)21-32/h6-23,37-40H,24-25H2,1-5H3/t37?,38?,39-,40?/m0/s1. The topological polar surface area (TPSA) is 74.5 Å². The maximum atomic E-state index is 6.28. The van der Waals surface area contributed by atoms with Crippen molar-refractivity contribution in [1.82, 2.24) is 4.98 Å². The van der Waals surface area contributed by atoms with Crippen molar-refractivity contribution in [2.45, 2.75) is 44.7 Å². The van der Waals surface area contributed by atoms with Gasteiger partial charge in [0.15, 0.2) is 0 Å². The number of aliphatic imine (C=N–C) groups is 2. The van der Waals surface area contributed by atoms with Crippen LogP contribution in [-0.2, 0) is 9.47 Å². The zero-order valence-corrected chi connectivity index (χ0v) is 28.6. The lowest BCUT2D eigenvalue weighted by molar-refractivity contribution is 0.306. The average molecular weight is 652 g/mol. The molecule has 4 atom stereocenters. The molecule has 5 aromatic rings. The van der Waals surface area contributed by atoms with Crippen LogP contribution in [0.2, 0.25) is 0 Å². The molecule has 7 nitrogen and oxygen atoms in total. The van der Waals surface area contributed by atoms with Crippen LogP contribution in [0.15, 0.2) is 119 Å². The molecule has 7 heteroatoms. The van der Waals surface area contributed by atoms with Gasteiger partial charge in [-0.15, -0.1) is 0 Å². The number of methoxy groups -OCH3 is 2. The second-order valence-corrected chi connectivity index (χ2v) is 12.9. The van der Waals surface area contributed by atoms with Crippen molar-refractivity contribution in [3.63, 3.8) is 0 Å². The highest BCUT2D eigenvalue weighted by molar-refractivity contribution is 5.97. The Hall–Kier alpha value is -5.43. The Morgan fingerprint density at radius 1 is 0.531 bits per heavy atom. The highest BCUT2D eigenvalue weighted by Crippen LogP contribution is 2.37. The van der Waals surface area contributed by atoms with E-state index in [9.17, 15) is 0 Å². The number of rotatable bonds is 10. The largest absolute Gasteiger partial charge is 0.497 e. The van der Waals surface area contributed by atoms with Gasteiger partial charge in [-0.3, -0.25) is 0 Å². The molecule has 49 heavy (non-hydrogen) atoms. The lowest BCUT2D eigenvalue weighted by Crippen LogP contribution is -2.20. The van der Waals surface area contributed by atoms with Gasteiger partial charge in [-0.05, 0) is 79.4 Å². The molecule has 4 aromatic carbocycles. The number of hydrogen-bond acceptors (Lipinski definition) is 7. The third-order valence-corrected chi connectivity index (χ3v) is 9.21. The molecule has 0 bridgehead atoms. The first-order valence-electron chi connectivity index (χ1n) is 16.7. The zero-order chi connectivity index (χ0) is 33.9. The molecule has 0 spiro atoms. The number of hydrogen-bond donors (Lipinski definition) is 0. The summed E-state index contributed by atoms with van der Waals surface area (Å²) in [6, 6.07) is 37.2. The zero-order valence-electron chi connectivity index (χ0n) is 28.6. The lowest BCUT2D eigenvalue weighted by atomic mass is 9.84. The van der Waals surface area contributed by atoms with Gasteiger partial charge in [-0.1, -0.05) is 89.5 Å². The Bertz CT molecular complexity index is 2020. The Labute approximate surface area is 288 Å². The van der Waals surface area contributed by atoms with Gasteiger partial charge in [0.25, 0.3) is 0 Å². The Kier molecular flexibility index (Phi) is 9.16. The molecule has 7 rings (SSSR count). The number of benzene rings is 4. The van der Waals surface area contributed by atoms with Crippen LogP contribution in [0.3, 0.4) is 0 Å². The molecule has 0 fully saturated rings. The van der Waals surface area contributed by atoms with E-state index in [1.54, 1.807) is 14.2 Å². The molecule has 0 saturated heterocycles. The molecule has 0 aliphatic carbocycles. The van der Waals surface area contributed by atoms with Crippen molar-refractivity contribution >= 4 is 11.8 Å². The van der Waals surface area contributed by atoms with E-state index in [0.29, 0.717) is 36.4 Å². The molecule has 3 heterocycles. The molecule has 2 aliphatic rings. The fourth-order valence-corrected chi connectivity index (χ4v) is 7.07. The van der Waals surface area contributed by atoms with Gasteiger partial charge in [0.1, 0.15) is 36.1 Å². The summed E-state index contributed by atoms with van der Waals surface area (Å²) < 4.78 is 23.7. The van der Waals surface area contributed by atoms with Crippen LogP contribution < -0.4 is 9.47 Å². The van der Waals surface area contributed by atoms with Crippen molar-refractivity contribution in [2.75, 3.05) is 27.4 Å². The van der Waals surface area contributed by atoms with Crippen LogP contribution in [0.4, 0.5) is 0 Å². The number of pyridine rings is 1. The highest BCUT2D eigenvalue weighted by atomic mass is 16.5. The van der Waals surface area contributed by atoms with E-state index in [0.717, 1.165) is 22.6 Å². The molecule has 1 aromatic heterocycles. The molecule has 0 N–H and O–H groups in total. The van der Waals surface area contributed by atoms with Crippen LogP contribution in [0.25, 0.3) is 0 Å². The maximum Gasteiger partial charge on any atom is 0.235 e. The highest BCUT2D eigenvalue weighted by Gasteiger charge is 2.34. The Morgan fingerprint density at radius 3 is 1.49 bits per heavy atom. The SMILES string of the molecule is COc1cccc(C(c2cc(C)cc(C)c2)C2COC(c3cccc(C4=NC([C@@H](c5cccc(C)c5)c5cccc(OC)c5)CO4)n3)=N2)c1. The summed E-state index contributed by atoms with van der Waals surface area (Å²) in [6.07, 6.45) is 0. The van der Waals surface area contributed by atoms with Gasteiger partial charge in [0.05, 0.1) is 26.3 Å². The molecular formula is C42H41N3O4.